The number of hydrogen-bond donors (Lipinski definition) is 0. The molecule has 0 saturated carbocycles. The van der Waals surface area contributed by atoms with Crippen molar-refractivity contribution in [1.82, 2.24) is 0 Å². The zero-order chi connectivity index (χ0) is 17.1. The molecule has 0 aliphatic heterocycles. The van der Waals surface area contributed by atoms with Gasteiger partial charge in [-0.15, -0.1) is 0 Å². The molecule has 22 heavy (non-hydrogen) atoms. The molecule has 0 radical (unpaired) electrons. The van der Waals surface area contributed by atoms with Gasteiger partial charge in [0, 0.05) is 26.4 Å². The molecule has 2 unspecified atom stereocenters. The minimum Gasteiger partial charge on any atom is -0.379 e. The first-order chi connectivity index (χ1) is 10.6. The zero-order valence-electron chi connectivity index (χ0n) is 15.9. The van der Waals surface area contributed by atoms with Crippen LogP contribution in [0.4, 0.5) is 0 Å². The van der Waals surface area contributed by atoms with Crippen molar-refractivity contribution in [3.63, 3.8) is 0 Å². The van der Waals surface area contributed by atoms with Crippen molar-refractivity contribution in [1.29, 1.82) is 0 Å². The van der Waals surface area contributed by atoms with Gasteiger partial charge in [-0.25, -0.2) is 0 Å². The van der Waals surface area contributed by atoms with E-state index in [0.29, 0.717) is 11.8 Å². The molecule has 0 heterocycles. The third-order valence-electron chi connectivity index (χ3n) is 3.35. The van der Waals surface area contributed by atoms with Crippen LogP contribution < -0.4 is 0 Å². The van der Waals surface area contributed by atoms with E-state index in [9.17, 15) is 0 Å². The number of ether oxygens (including phenoxy) is 4. The first kappa shape index (κ1) is 24.1. The molecule has 0 aromatic heterocycles. The summed E-state index contributed by atoms with van der Waals surface area (Å²) in [4.78, 5) is 0. The van der Waals surface area contributed by atoms with Crippen molar-refractivity contribution in [2.45, 2.75) is 54.4 Å². The summed E-state index contributed by atoms with van der Waals surface area (Å²) in [6.07, 6.45) is 2.38. The highest BCUT2D eigenvalue weighted by Crippen LogP contribution is 2.00. The van der Waals surface area contributed by atoms with Crippen molar-refractivity contribution < 1.29 is 18.9 Å². The van der Waals surface area contributed by atoms with Crippen LogP contribution in [0.5, 0.6) is 0 Å². The SMILES string of the molecule is CCOCCOCC(C)CC.CCOCCOCC(C)CC. The lowest BCUT2D eigenvalue weighted by Crippen LogP contribution is -2.09. The summed E-state index contributed by atoms with van der Waals surface area (Å²) in [5, 5.41) is 0. The fourth-order valence-corrected chi connectivity index (χ4v) is 1.33. The van der Waals surface area contributed by atoms with E-state index in [1.165, 1.54) is 12.8 Å². The summed E-state index contributed by atoms with van der Waals surface area (Å²) >= 11 is 0. The van der Waals surface area contributed by atoms with Crippen LogP contribution in [0.3, 0.4) is 0 Å². The van der Waals surface area contributed by atoms with Gasteiger partial charge < -0.3 is 18.9 Å². The number of hydrogen-bond acceptors (Lipinski definition) is 4. The lowest BCUT2D eigenvalue weighted by Gasteiger charge is -2.08. The lowest BCUT2D eigenvalue weighted by molar-refractivity contribution is 0.0394. The Labute approximate surface area is 138 Å². The molecule has 0 aliphatic rings. The first-order valence-corrected chi connectivity index (χ1v) is 8.93. The van der Waals surface area contributed by atoms with Gasteiger partial charge in [-0.3, -0.25) is 0 Å². The molecule has 0 rings (SSSR count). The van der Waals surface area contributed by atoms with Crippen molar-refractivity contribution in [3.8, 4) is 0 Å². The van der Waals surface area contributed by atoms with Crippen LogP contribution in [-0.4, -0.2) is 52.9 Å². The molecule has 0 bridgehead atoms. The smallest absolute Gasteiger partial charge is 0.0700 e. The van der Waals surface area contributed by atoms with E-state index in [1.54, 1.807) is 0 Å². The minimum atomic E-state index is 0.677. The van der Waals surface area contributed by atoms with Crippen LogP contribution in [0.15, 0.2) is 0 Å². The minimum absolute atomic E-state index is 0.677. The van der Waals surface area contributed by atoms with Gasteiger partial charge in [0.15, 0.2) is 0 Å². The summed E-state index contributed by atoms with van der Waals surface area (Å²) < 4.78 is 21.0. The predicted octanol–water partition coefficient (Wildman–Crippen LogP) is 4.17. The molecule has 136 valence electrons. The lowest BCUT2D eigenvalue weighted by atomic mass is 10.1. The van der Waals surface area contributed by atoms with E-state index < -0.39 is 0 Å². The average molecular weight is 321 g/mol. The second-order valence-electron chi connectivity index (χ2n) is 5.57. The van der Waals surface area contributed by atoms with E-state index in [2.05, 4.69) is 27.7 Å². The van der Waals surface area contributed by atoms with Crippen LogP contribution in [0, 0.1) is 11.8 Å². The molecule has 0 N–H and O–H groups in total. The van der Waals surface area contributed by atoms with Gasteiger partial charge >= 0.3 is 0 Å². The fourth-order valence-electron chi connectivity index (χ4n) is 1.33. The third kappa shape index (κ3) is 22.1. The Morgan fingerprint density at radius 1 is 0.545 bits per heavy atom. The average Bonchev–Trinajstić information content (AvgIpc) is 2.54. The molecule has 0 aromatic carbocycles. The number of rotatable bonds is 14. The van der Waals surface area contributed by atoms with Gasteiger partial charge in [0.25, 0.3) is 0 Å². The molecule has 0 spiro atoms. The zero-order valence-corrected chi connectivity index (χ0v) is 15.9. The third-order valence-corrected chi connectivity index (χ3v) is 3.35. The Bertz CT molecular complexity index is 168. The molecule has 2 atom stereocenters. The normalized spacial score (nSPS) is 13.4. The predicted molar refractivity (Wildman–Crippen MR) is 93.5 cm³/mol. The van der Waals surface area contributed by atoms with Crippen molar-refractivity contribution in [2.75, 3.05) is 52.9 Å². The topological polar surface area (TPSA) is 36.9 Å². The standard InChI is InChI=1S/2C9H20O2/c2*1-4-9(3)8-11-7-6-10-5-2/h2*9H,4-8H2,1-3H3. The molecular formula is C18H40O4. The molecule has 4 nitrogen and oxygen atoms in total. The summed E-state index contributed by atoms with van der Waals surface area (Å²) in [5.41, 5.74) is 0. The maximum Gasteiger partial charge on any atom is 0.0700 e. The maximum absolute atomic E-state index is 5.36. The Balaban J connectivity index is 0. The fraction of sp³-hybridized carbons (Fsp3) is 1.00. The molecular weight excluding hydrogens is 280 g/mol. The first-order valence-electron chi connectivity index (χ1n) is 8.93. The Hall–Kier alpha value is -0.160. The second-order valence-corrected chi connectivity index (χ2v) is 5.57. The molecule has 0 aromatic rings. The van der Waals surface area contributed by atoms with Crippen LogP contribution in [0.25, 0.3) is 0 Å². The molecule has 0 aliphatic carbocycles. The van der Waals surface area contributed by atoms with E-state index in [1.807, 2.05) is 13.8 Å². The Morgan fingerprint density at radius 3 is 1.14 bits per heavy atom. The summed E-state index contributed by atoms with van der Waals surface area (Å²) in [7, 11) is 0. The van der Waals surface area contributed by atoms with Crippen LogP contribution in [0.2, 0.25) is 0 Å². The molecule has 0 amide bonds. The molecule has 4 heteroatoms. The Morgan fingerprint density at radius 2 is 0.864 bits per heavy atom. The van der Waals surface area contributed by atoms with Crippen molar-refractivity contribution in [2.24, 2.45) is 11.8 Å². The highest BCUT2D eigenvalue weighted by molar-refractivity contribution is 4.46. The van der Waals surface area contributed by atoms with Gasteiger partial charge in [0.1, 0.15) is 0 Å². The van der Waals surface area contributed by atoms with Gasteiger partial charge in [-0.2, -0.15) is 0 Å². The second kappa shape index (κ2) is 20.8. The summed E-state index contributed by atoms with van der Waals surface area (Å²) in [6.45, 7) is 19.0. The van der Waals surface area contributed by atoms with Gasteiger partial charge in [-0.05, 0) is 25.7 Å². The quantitative estimate of drug-likeness (QED) is 0.450. The monoisotopic (exact) mass is 320 g/mol. The maximum atomic E-state index is 5.36. The van der Waals surface area contributed by atoms with Gasteiger partial charge in [0.05, 0.1) is 26.4 Å². The van der Waals surface area contributed by atoms with Gasteiger partial charge in [0.2, 0.25) is 0 Å². The van der Waals surface area contributed by atoms with E-state index in [4.69, 9.17) is 18.9 Å². The summed E-state index contributed by atoms with van der Waals surface area (Å²) in [6, 6.07) is 0. The van der Waals surface area contributed by atoms with E-state index >= 15 is 0 Å². The van der Waals surface area contributed by atoms with Crippen LogP contribution in [0.1, 0.15) is 54.4 Å². The van der Waals surface area contributed by atoms with Crippen molar-refractivity contribution in [3.05, 3.63) is 0 Å². The largest absolute Gasteiger partial charge is 0.379 e. The van der Waals surface area contributed by atoms with Crippen LogP contribution >= 0.6 is 0 Å². The Kier molecular flexibility index (Phi) is 22.8. The van der Waals surface area contributed by atoms with E-state index in [-0.39, 0.29) is 0 Å². The highest BCUT2D eigenvalue weighted by atomic mass is 16.5. The van der Waals surface area contributed by atoms with Gasteiger partial charge in [-0.1, -0.05) is 40.5 Å². The van der Waals surface area contributed by atoms with Crippen molar-refractivity contribution >= 4 is 0 Å². The highest BCUT2D eigenvalue weighted by Gasteiger charge is 1.97. The molecule has 0 fully saturated rings. The van der Waals surface area contributed by atoms with Crippen LogP contribution in [-0.2, 0) is 18.9 Å². The summed E-state index contributed by atoms with van der Waals surface area (Å²) in [5.74, 6) is 1.35. The molecule has 0 saturated heterocycles. The van der Waals surface area contributed by atoms with E-state index in [0.717, 1.165) is 52.9 Å².